The fraction of sp³-hybridized carbons (Fsp3) is 0.688. The summed E-state index contributed by atoms with van der Waals surface area (Å²) in [7, 11) is 0. The fourth-order valence-electron chi connectivity index (χ4n) is 1.74. The van der Waals surface area contributed by atoms with Crippen LogP contribution < -0.4 is 0 Å². The average Bonchev–Trinajstić information content (AvgIpc) is 2.30. The largest absolute Gasteiger partial charge is 0.459 e. The molecule has 0 aromatic carbocycles. The van der Waals surface area contributed by atoms with Crippen molar-refractivity contribution in [3.8, 4) is 0 Å². The lowest BCUT2D eigenvalue weighted by atomic mass is 10.1. The molecule has 0 rings (SSSR count). The number of hydrogen-bond acceptors (Lipinski definition) is 2. The molecule has 0 N–H and O–H groups in total. The predicted molar refractivity (Wildman–Crippen MR) is 77.5 cm³/mol. The molecule has 0 saturated heterocycles. The van der Waals surface area contributed by atoms with Gasteiger partial charge < -0.3 is 4.74 Å². The first-order chi connectivity index (χ1) is 8.66. The summed E-state index contributed by atoms with van der Waals surface area (Å²) in [5.74, 6) is -0.233. The van der Waals surface area contributed by atoms with Gasteiger partial charge in [-0.25, -0.2) is 0 Å². The van der Waals surface area contributed by atoms with Crippen LogP contribution in [0.15, 0.2) is 24.3 Å². The van der Waals surface area contributed by atoms with E-state index in [0.717, 1.165) is 6.42 Å². The van der Waals surface area contributed by atoms with Crippen LogP contribution in [0.25, 0.3) is 0 Å². The van der Waals surface area contributed by atoms with Crippen molar-refractivity contribution in [3.05, 3.63) is 24.3 Å². The molecule has 104 valence electrons. The van der Waals surface area contributed by atoms with Gasteiger partial charge in [-0.3, -0.25) is 4.79 Å². The topological polar surface area (TPSA) is 26.3 Å². The number of carbonyl (C=O) groups excluding carboxylic acids is 1. The summed E-state index contributed by atoms with van der Waals surface area (Å²) < 4.78 is 4.97. The summed E-state index contributed by atoms with van der Waals surface area (Å²) in [4.78, 5) is 10.7. The smallest absolute Gasteiger partial charge is 0.303 e. The number of ether oxygens (including phenoxy) is 1. The molecule has 1 atom stereocenters. The highest BCUT2D eigenvalue weighted by Gasteiger charge is 1.97. The second-order valence-electron chi connectivity index (χ2n) is 4.68. The maximum Gasteiger partial charge on any atom is 0.303 e. The number of hydrogen-bond donors (Lipinski definition) is 0. The first-order valence-electron chi connectivity index (χ1n) is 7.17. The van der Waals surface area contributed by atoms with Gasteiger partial charge in [-0.05, 0) is 25.8 Å². The average molecular weight is 252 g/mol. The molecule has 0 heterocycles. The van der Waals surface area contributed by atoms with E-state index in [0.29, 0.717) is 0 Å². The minimum atomic E-state index is -0.233. The Morgan fingerprint density at radius 3 is 2.44 bits per heavy atom. The minimum absolute atomic E-state index is 0.138. The Kier molecular flexibility index (Phi) is 11.7. The minimum Gasteiger partial charge on any atom is -0.459 e. The molecule has 0 saturated carbocycles. The van der Waals surface area contributed by atoms with Crippen LogP contribution >= 0.6 is 0 Å². The van der Waals surface area contributed by atoms with E-state index in [9.17, 15) is 4.79 Å². The zero-order valence-electron chi connectivity index (χ0n) is 12.2. The summed E-state index contributed by atoms with van der Waals surface area (Å²) in [6.45, 7) is 5.53. The van der Waals surface area contributed by atoms with Crippen molar-refractivity contribution in [1.82, 2.24) is 0 Å². The van der Waals surface area contributed by atoms with Crippen molar-refractivity contribution < 1.29 is 9.53 Å². The van der Waals surface area contributed by atoms with Gasteiger partial charge in [0.15, 0.2) is 0 Å². The van der Waals surface area contributed by atoms with Crippen LogP contribution in [-0.2, 0) is 9.53 Å². The van der Waals surface area contributed by atoms with Crippen molar-refractivity contribution in [2.24, 2.45) is 0 Å². The highest BCUT2D eigenvalue weighted by atomic mass is 16.5. The van der Waals surface area contributed by atoms with E-state index in [1.54, 1.807) is 0 Å². The van der Waals surface area contributed by atoms with Crippen LogP contribution in [0.4, 0.5) is 0 Å². The third-order valence-corrected chi connectivity index (χ3v) is 2.71. The van der Waals surface area contributed by atoms with Gasteiger partial charge in [0.1, 0.15) is 6.10 Å². The highest BCUT2D eigenvalue weighted by molar-refractivity contribution is 5.66. The normalized spacial score (nSPS) is 13.3. The van der Waals surface area contributed by atoms with Crippen molar-refractivity contribution >= 4 is 5.97 Å². The van der Waals surface area contributed by atoms with Crippen molar-refractivity contribution in [2.45, 2.75) is 71.8 Å². The van der Waals surface area contributed by atoms with Gasteiger partial charge in [-0.1, -0.05) is 57.3 Å². The number of allylic oxidation sites excluding steroid dienone is 3. The van der Waals surface area contributed by atoms with Gasteiger partial charge in [0, 0.05) is 6.92 Å². The van der Waals surface area contributed by atoms with Crippen LogP contribution in [0, 0.1) is 0 Å². The quantitative estimate of drug-likeness (QED) is 0.317. The van der Waals surface area contributed by atoms with E-state index in [1.807, 2.05) is 25.2 Å². The van der Waals surface area contributed by atoms with E-state index in [-0.39, 0.29) is 12.1 Å². The summed E-state index contributed by atoms with van der Waals surface area (Å²) in [6, 6.07) is 0. The third-order valence-electron chi connectivity index (χ3n) is 2.71. The second-order valence-corrected chi connectivity index (χ2v) is 4.68. The Labute approximate surface area is 112 Å². The van der Waals surface area contributed by atoms with Gasteiger partial charge >= 0.3 is 5.97 Å². The van der Waals surface area contributed by atoms with E-state index in [4.69, 9.17) is 4.74 Å². The van der Waals surface area contributed by atoms with Crippen LogP contribution in [0.3, 0.4) is 0 Å². The zero-order valence-corrected chi connectivity index (χ0v) is 12.2. The Morgan fingerprint density at radius 2 is 1.78 bits per heavy atom. The third kappa shape index (κ3) is 13.0. The molecule has 0 radical (unpaired) electrons. The Balaban J connectivity index is 3.42. The molecule has 0 amide bonds. The van der Waals surface area contributed by atoms with E-state index in [2.05, 4.69) is 13.0 Å². The van der Waals surface area contributed by atoms with Gasteiger partial charge in [-0.15, -0.1) is 0 Å². The molecule has 0 fully saturated rings. The molecule has 0 aromatic heterocycles. The molecule has 18 heavy (non-hydrogen) atoms. The van der Waals surface area contributed by atoms with E-state index < -0.39 is 0 Å². The molecule has 0 aromatic rings. The fourth-order valence-corrected chi connectivity index (χ4v) is 1.74. The molecule has 1 unspecified atom stereocenters. The van der Waals surface area contributed by atoms with Gasteiger partial charge in [-0.2, -0.15) is 0 Å². The maximum atomic E-state index is 10.7. The first-order valence-corrected chi connectivity index (χ1v) is 7.17. The highest BCUT2D eigenvalue weighted by Crippen LogP contribution is 2.07. The molecular weight excluding hydrogens is 224 g/mol. The SMILES string of the molecule is CCCCCCCC/C=C\C=C\C(C)OC(C)=O. The summed E-state index contributed by atoms with van der Waals surface area (Å²) in [5, 5.41) is 0. The van der Waals surface area contributed by atoms with Crippen molar-refractivity contribution in [1.29, 1.82) is 0 Å². The second kappa shape index (κ2) is 12.4. The van der Waals surface area contributed by atoms with Crippen molar-refractivity contribution in [2.75, 3.05) is 0 Å². The summed E-state index contributed by atoms with van der Waals surface area (Å²) in [6.07, 6.45) is 17.1. The number of esters is 1. The van der Waals surface area contributed by atoms with Gasteiger partial charge in [0.2, 0.25) is 0 Å². The summed E-state index contributed by atoms with van der Waals surface area (Å²) in [5.41, 5.74) is 0. The summed E-state index contributed by atoms with van der Waals surface area (Å²) >= 11 is 0. The molecule has 0 aliphatic rings. The Bertz CT molecular complexity index is 254. The van der Waals surface area contributed by atoms with Crippen LogP contribution in [0.5, 0.6) is 0 Å². The van der Waals surface area contributed by atoms with E-state index in [1.165, 1.54) is 45.4 Å². The predicted octanol–water partition coefficient (Wildman–Crippen LogP) is 4.80. The van der Waals surface area contributed by atoms with Crippen LogP contribution in [0.1, 0.15) is 65.7 Å². The monoisotopic (exact) mass is 252 g/mol. The molecule has 2 heteroatoms. The Morgan fingerprint density at radius 1 is 1.11 bits per heavy atom. The lowest BCUT2D eigenvalue weighted by Crippen LogP contribution is -2.08. The maximum absolute atomic E-state index is 10.7. The molecule has 0 aliphatic carbocycles. The van der Waals surface area contributed by atoms with Gasteiger partial charge in [0.05, 0.1) is 0 Å². The number of carbonyl (C=O) groups is 1. The lowest BCUT2D eigenvalue weighted by molar-refractivity contribution is -0.143. The number of unbranched alkanes of at least 4 members (excludes halogenated alkanes) is 6. The zero-order chi connectivity index (χ0) is 13.6. The van der Waals surface area contributed by atoms with Crippen molar-refractivity contribution in [3.63, 3.8) is 0 Å². The van der Waals surface area contributed by atoms with Crippen LogP contribution in [0.2, 0.25) is 0 Å². The number of rotatable bonds is 10. The first kappa shape index (κ1) is 16.9. The lowest BCUT2D eigenvalue weighted by Gasteiger charge is -2.04. The van der Waals surface area contributed by atoms with Gasteiger partial charge in [0.25, 0.3) is 0 Å². The molecule has 2 nitrogen and oxygen atoms in total. The van der Waals surface area contributed by atoms with E-state index >= 15 is 0 Å². The standard InChI is InChI=1S/C16H28O2/c1-4-5-6-7-8-9-10-11-12-13-14-15(2)18-16(3)17/h11-15H,4-10H2,1-3H3/b12-11-,14-13+. The molecule has 0 spiro atoms. The molecule has 0 bridgehead atoms. The van der Waals surface area contributed by atoms with Crippen LogP contribution in [-0.4, -0.2) is 12.1 Å². The Hall–Kier alpha value is -1.05. The molecule has 0 aliphatic heterocycles. The molecular formula is C16H28O2.